The molecule has 4 nitrogen and oxygen atoms in total. The number of nitrogens with one attached hydrogen (secondary N) is 1. The first-order chi connectivity index (χ1) is 7.74. The van der Waals surface area contributed by atoms with Gasteiger partial charge in [-0.1, -0.05) is 0 Å². The molecule has 0 aromatic heterocycles. The average Bonchev–Trinajstić information content (AvgIpc) is 2.48. The molecule has 0 amide bonds. The van der Waals surface area contributed by atoms with Gasteiger partial charge in [-0.2, -0.15) is 0 Å². The van der Waals surface area contributed by atoms with Crippen LogP contribution >= 0.6 is 0 Å². The maximum Gasteiger partial charge on any atom is 0.168 e. The van der Waals surface area contributed by atoms with E-state index in [-0.39, 0.29) is 11.8 Å². The van der Waals surface area contributed by atoms with Crippen LogP contribution < -0.4 is 14.8 Å². The minimum atomic E-state index is 0.0749. The highest BCUT2D eigenvalue weighted by Gasteiger charge is 2.22. The Kier molecular flexibility index (Phi) is 3.10. The van der Waals surface area contributed by atoms with Gasteiger partial charge in [0.05, 0.1) is 12.7 Å². The number of fused-ring (bicyclic) bond motifs is 1. The van der Waals surface area contributed by atoms with Crippen LogP contribution in [0.2, 0.25) is 0 Å². The van der Waals surface area contributed by atoms with Gasteiger partial charge < -0.3 is 14.8 Å². The molecule has 1 heterocycles. The molecule has 16 heavy (non-hydrogen) atoms. The van der Waals surface area contributed by atoms with Gasteiger partial charge in [-0.05, 0) is 25.2 Å². The fourth-order valence-corrected chi connectivity index (χ4v) is 1.75. The van der Waals surface area contributed by atoms with E-state index in [1.165, 1.54) is 0 Å². The number of hydrogen-bond donors (Lipinski definition) is 1. The molecular weight excluding hydrogens is 206 g/mol. The van der Waals surface area contributed by atoms with Gasteiger partial charge in [0.25, 0.3) is 0 Å². The van der Waals surface area contributed by atoms with Crippen LogP contribution in [0.3, 0.4) is 0 Å². The van der Waals surface area contributed by atoms with E-state index in [9.17, 15) is 4.79 Å². The van der Waals surface area contributed by atoms with Crippen LogP contribution in [0.25, 0.3) is 0 Å². The normalized spacial score (nSPS) is 19.6. The third kappa shape index (κ3) is 2.02. The Morgan fingerprint density at radius 1 is 1.50 bits per heavy atom. The van der Waals surface area contributed by atoms with Gasteiger partial charge in [-0.15, -0.1) is 0 Å². The van der Waals surface area contributed by atoms with Crippen molar-refractivity contribution < 1.29 is 14.3 Å². The maximum absolute atomic E-state index is 12.0. The van der Waals surface area contributed by atoms with E-state index in [0.29, 0.717) is 30.1 Å². The number of hydrogen-bond acceptors (Lipinski definition) is 4. The predicted molar refractivity (Wildman–Crippen MR) is 60.3 cm³/mol. The lowest BCUT2D eigenvalue weighted by molar-refractivity contribution is 0.0972. The standard InChI is InChI=1S/C12H15NO3/c1-13-8-5-11(14)10-6-9(15-2)3-4-12(10)16-7-8/h3-4,6,8,13H,5,7H2,1-2H3. The summed E-state index contributed by atoms with van der Waals surface area (Å²) < 4.78 is 10.7. The SMILES string of the molecule is CNC1COc2ccc(OC)cc2C(=O)C1. The summed E-state index contributed by atoms with van der Waals surface area (Å²) in [4.78, 5) is 12.0. The third-order valence-corrected chi connectivity index (χ3v) is 2.77. The Hall–Kier alpha value is -1.55. The molecule has 0 radical (unpaired) electrons. The largest absolute Gasteiger partial charge is 0.497 e. The second-order valence-electron chi connectivity index (χ2n) is 3.79. The lowest BCUT2D eigenvalue weighted by Crippen LogP contribution is -2.32. The zero-order valence-corrected chi connectivity index (χ0v) is 9.45. The van der Waals surface area contributed by atoms with E-state index in [0.717, 1.165) is 0 Å². The Labute approximate surface area is 94.6 Å². The predicted octanol–water partition coefficient (Wildman–Crippen LogP) is 1.25. The Morgan fingerprint density at radius 2 is 2.31 bits per heavy atom. The second-order valence-corrected chi connectivity index (χ2v) is 3.79. The highest BCUT2D eigenvalue weighted by molar-refractivity contribution is 5.99. The molecule has 0 saturated carbocycles. The molecule has 0 aliphatic carbocycles. The van der Waals surface area contributed by atoms with Crippen LogP contribution in [0.5, 0.6) is 11.5 Å². The van der Waals surface area contributed by atoms with Crippen molar-refractivity contribution in [3.8, 4) is 11.5 Å². The maximum atomic E-state index is 12.0. The number of ether oxygens (including phenoxy) is 2. The molecule has 1 aliphatic rings. The molecule has 0 bridgehead atoms. The monoisotopic (exact) mass is 221 g/mol. The van der Waals surface area contributed by atoms with Gasteiger partial charge in [0.1, 0.15) is 18.1 Å². The topological polar surface area (TPSA) is 47.6 Å². The van der Waals surface area contributed by atoms with Crippen molar-refractivity contribution in [2.75, 3.05) is 20.8 Å². The quantitative estimate of drug-likeness (QED) is 0.816. The summed E-state index contributed by atoms with van der Waals surface area (Å²) in [5.74, 6) is 1.41. The zero-order chi connectivity index (χ0) is 11.5. The fourth-order valence-electron chi connectivity index (χ4n) is 1.75. The van der Waals surface area contributed by atoms with E-state index >= 15 is 0 Å². The van der Waals surface area contributed by atoms with Crippen LogP contribution in [-0.2, 0) is 0 Å². The van der Waals surface area contributed by atoms with Crippen LogP contribution in [0, 0.1) is 0 Å². The van der Waals surface area contributed by atoms with E-state index < -0.39 is 0 Å². The Balaban J connectivity index is 2.34. The van der Waals surface area contributed by atoms with Crippen LogP contribution in [0.4, 0.5) is 0 Å². The number of methoxy groups -OCH3 is 1. The first-order valence-electron chi connectivity index (χ1n) is 5.26. The molecule has 86 valence electrons. The molecule has 0 spiro atoms. The minimum absolute atomic E-state index is 0.0749. The summed E-state index contributed by atoms with van der Waals surface area (Å²) in [5, 5.41) is 3.06. The highest BCUT2D eigenvalue weighted by Crippen LogP contribution is 2.28. The van der Waals surface area contributed by atoms with Gasteiger partial charge in [0, 0.05) is 12.5 Å². The van der Waals surface area contributed by atoms with Gasteiger partial charge >= 0.3 is 0 Å². The zero-order valence-electron chi connectivity index (χ0n) is 9.45. The number of likely N-dealkylation sites (N-methyl/N-ethyl adjacent to an activating group) is 1. The number of ketones is 1. The van der Waals surface area contributed by atoms with Crippen molar-refractivity contribution in [3.63, 3.8) is 0 Å². The number of rotatable bonds is 2. The number of carbonyl (C=O) groups is 1. The molecule has 1 atom stereocenters. The smallest absolute Gasteiger partial charge is 0.168 e. The van der Waals surface area contributed by atoms with E-state index in [1.807, 2.05) is 7.05 Å². The Bertz CT molecular complexity index is 403. The molecule has 1 unspecified atom stereocenters. The van der Waals surface area contributed by atoms with Crippen molar-refractivity contribution in [1.82, 2.24) is 5.32 Å². The minimum Gasteiger partial charge on any atom is -0.497 e. The van der Waals surface area contributed by atoms with E-state index in [2.05, 4.69) is 5.32 Å². The van der Waals surface area contributed by atoms with Gasteiger partial charge in [-0.25, -0.2) is 0 Å². The first-order valence-corrected chi connectivity index (χ1v) is 5.26. The molecule has 4 heteroatoms. The van der Waals surface area contributed by atoms with E-state index in [1.54, 1.807) is 25.3 Å². The van der Waals surface area contributed by atoms with Gasteiger partial charge in [0.15, 0.2) is 5.78 Å². The second kappa shape index (κ2) is 4.53. The van der Waals surface area contributed by atoms with Crippen molar-refractivity contribution >= 4 is 5.78 Å². The summed E-state index contributed by atoms with van der Waals surface area (Å²) in [7, 11) is 3.41. The molecule has 0 fully saturated rings. The first kappa shape index (κ1) is 11.0. The molecule has 1 aromatic carbocycles. The van der Waals surface area contributed by atoms with Crippen molar-refractivity contribution in [1.29, 1.82) is 0 Å². The summed E-state index contributed by atoms with van der Waals surface area (Å²) in [5.41, 5.74) is 0.608. The lowest BCUT2D eigenvalue weighted by atomic mass is 10.0. The highest BCUT2D eigenvalue weighted by atomic mass is 16.5. The molecule has 1 aliphatic heterocycles. The average molecular weight is 221 g/mol. The molecular formula is C12H15NO3. The van der Waals surface area contributed by atoms with Crippen LogP contribution in [0.1, 0.15) is 16.8 Å². The van der Waals surface area contributed by atoms with Crippen LogP contribution in [-0.4, -0.2) is 32.6 Å². The van der Waals surface area contributed by atoms with Crippen molar-refractivity contribution in [3.05, 3.63) is 23.8 Å². The summed E-state index contributed by atoms with van der Waals surface area (Å²) in [6, 6.07) is 5.39. The summed E-state index contributed by atoms with van der Waals surface area (Å²) in [6.07, 6.45) is 0.455. The molecule has 2 rings (SSSR count). The summed E-state index contributed by atoms with van der Waals surface area (Å²) >= 11 is 0. The number of benzene rings is 1. The Morgan fingerprint density at radius 3 is 3.00 bits per heavy atom. The third-order valence-electron chi connectivity index (χ3n) is 2.77. The molecule has 0 saturated heterocycles. The lowest BCUT2D eigenvalue weighted by Gasteiger charge is -2.11. The van der Waals surface area contributed by atoms with Crippen molar-refractivity contribution in [2.45, 2.75) is 12.5 Å². The fraction of sp³-hybridized carbons (Fsp3) is 0.417. The molecule has 1 N–H and O–H groups in total. The van der Waals surface area contributed by atoms with E-state index in [4.69, 9.17) is 9.47 Å². The van der Waals surface area contributed by atoms with Crippen molar-refractivity contribution in [2.24, 2.45) is 0 Å². The van der Waals surface area contributed by atoms with Gasteiger partial charge in [-0.3, -0.25) is 4.79 Å². The number of carbonyl (C=O) groups excluding carboxylic acids is 1. The number of Topliss-reactive ketones (excluding diaryl/α,β-unsaturated/α-hetero) is 1. The molecule has 1 aromatic rings. The van der Waals surface area contributed by atoms with Gasteiger partial charge in [0.2, 0.25) is 0 Å². The summed E-state index contributed by atoms with van der Waals surface area (Å²) in [6.45, 7) is 0.515. The van der Waals surface area contributed by atoms with Crippen LogP contribution in [0.15, 0.2) is 18.2 Å².